The Balaban J connectivity index is 1.72. The number of hydrogen-bond acceptors (Lipinski definition) is 4. The molecule has 29 heavy (non-hydrogen) atoms. The van der Waals surface area contributed by atoms with Gasteiger partial charge < -0.3 is 10.4 Å². The van der Waals surface area contributed by atoms with E-state index >= 15 is 0 Å². The van der Waals surface area contributed by atoms with Crippen molar-refractivity contribution in [2.45, 2.75) is 57.4 Å². The SMILES string of the molecule is CCNC(=O)c1nn(CC2(c3ccc4c(c3)C=CCC4)CCCC2)cc(O)c1=O. The molecule has 1 saturated carbocycles. The summed E-state index contributed by atoms with van der Waals surface area (Å²) < 4.78 is 1.57. The molecule has 0 unspecified atom stereocenters. The number of rotatable bonds is 5. The second kappa shape index (κ2) is 7.85. The van der Waals surface area contributed by atoms with Crippen molar-refractivity contribution in [1.82, 2.24) is 15.1 Å². The monoisotopic (exact) mass is 393 g/mol. The van der Waals surface area contributed by atoms with E-state index in [1.54, 1.807) is 11.6 Å². The quantitative estimate of drug-likeness (QED) is 0.817. The maximum atomic E-state index is 12.2. The maximum Gasteiger partial charge on any atom is 0.275 e. The fourth-order valence-electron chi connectivity index (χ4n) is 4.65. The maximum absolute atomic E-state index is 12.2. The summed E-state index contributed by atoms with van der Waals surface area (Å²) in [6, 6.07) is 6.73. The van der Waals surface area contributed by atoms with Crippen LogP contribution in [0.4, 0.5) is 0 Å². The summed E-state index contributed by atoms with van der Waals surface area (Å²) in [6.07, 6.45) is 12.2. The van der Waals surface area contributed by atoms with Gasteiger partial charge in [0.25, 0.3) is 11.3 Å². The molecule has 6 nitrogen and oxygen atoms in total. The average Bonchev–Trinajstić information content (AvgIpc) is 3.20. The van der Waals surface area contributed by atoms with Crippen molar-refractivity contribution in [3.63, 3.8) is 0 Å². The van der Waals surface area contributed by atoms with Crippen LogP contribution in [-0.4, -0.2) is 27.3 Å². The zero-order chi connectivity index (χ0) is 20.4. The van der Waals surface area contributed by atoms with Gasteiger partial charge in [0, 0.05) is 12.0 Å². The minimum atomic E-state index is -0.730. The van der Waals surface area contributed by atoms with E-state index in [4.69, 9.17) is 0 Å². The number of carbonyl (C=O) groups excluding carboxylic acids is 1. The van der Waals surface area contributed by atoms with Gasteiger partial charge in [-0.3, -0.25) is 14.3 Å². The third-order valence-corrected chi connectivity index (χ3v) is 6.16. The van der Waals surface area contributed by atoms with Crippen LogP contribution in [0.25, 0.3) is 6.08 Å². The van der Waals surface area contributed by atoms with Gasteiger partial charge in [-0.2, -0.15) is 5.10 Å². The Hall–Kier alpha value is -2.89. The molecule has 0 saturated heterocycles. The van der Waals surface area contributed by atoms with Crippen LogP contribution >= 0.6 is 0 Å². The number of benzene rings is 1. The topological polar surface area (TPSA) is 84.2 Å². The average molecular weight is 393 g/mol. The molecule has 2 aliphatic carbocycles. The van der Waals surface area contributed by atoms with E-state index in [2.05, 4.69) is 40.8 Å². The first-order chi connectivity index (χ1) is 14.0. The van der Waals surface area contributed by atoms with Crippen molar-refractivity contribution in [2.24, 2.45) is 0 Å². The largest absolute Gasteiger partial charge is 0.503 e. The third kappa shape index (κ3) is 3.71. The molecule has 1 aromatic carbocycles. The Morgan fingerprint density at radius 1 is 1.31 bits per heavy atom. The van der Waals surface area contributed by atoms with Crippen LogP contribution in [0.1, 0.15) is 66.2 Å². The molecule has 0 radical (unpaired) electrons. The number of aryl methyl sites for hydroxylation is 1. The van der Waals surface area contributed by atoms with Crippen LogP contribution in [0.15, 0.2) is 35.3 Å². The molecule has 4 rings (SSSR count). The standard InChI is InChI=1S/C23H27N3O3/c1-2-24-22(29)20-21(28)19(27)14-26(25-20)15-23(11-5-6-12-23)18-10-9-16-7-3-4-8-17(16)13-18/h4,8-10,13-14,27H,2-3,5-7,11-12,15H2,1H3,(H,24,29). The van der Waals surface area contributed by atoms with Gasteiger partial charge in [0.15, 0.2) is 11.4 Å². The van der Waals surface area contributed by atoms with E-state index in [0.29, 0.717) is 13.1 Å². The third-order valence-electron chi connectivity index (χ3n) is 6.16. The lowest BCUT2D eigenvalue weighted by atomic mass is 9.77. The highest BCUT2D eigenvalue weighted by Crippen LogP contribution is 2.43. The Labute approximate surface area is 170 Å². The smallest absolute Gasteiger partial charge is 0.275 e. The molecule has 1 fully saturated rings. The molecule has 2 aliphatic rings. The van der Waals surface area contributed by atoms with Crippen LogP contribution in [-0.2, 0) is 18.4 Å². The summed E-state index contributed by atoms with van der Waals surface area (Å²) in [4.78, 5) is 24.4. The summed E-state index contributed by atoms with van der Waals surface area (Å²) in [5, 5.41) is 17.0. The van der Waals surface area contributed by atoms with Crippen LogP contribution in [0.5, 0.6) is 5.75 Å². The molecule has 1 aromatic heterocycles. The first kappa shape index (κ1) is 19.4. The minimum Gasteiger partial charge on any atom is -0.503 e. The fourth-order valence-corrected chi connectivity index (χ4v) is 4.65. The van der Waals surface area contributed by atoms with E-state index in [-0.39, 0.29) is 11.1 Å². The van der Waals surface area contributed by atoms with Crippen LogP contribution in [0.3, 0.4) is 0 Å². The predicted octanol–water partition coefficient (Wildman–Crippen LogP) is 3.17. The lowest BCUT2D eigenvalue weighted by molar-refractivity contribution is 0.0945. The first-order valence-corrected chi connectivity index (χ1v) is 10.4. The predicted molar refractivity (Wildman–Crippen MR) is 112 cm³/mol. The molecule has 1 heterocycles. The zero-order valence-electron chi connectivity index (χ0n) is 16.8. The molecule has 0 spiro atoms. The Morgan fingerprint density at radius 2 is 2.10 bits per heavy atom. The van der Waals surface area contributed by atoms with E-state index in [9.17, 15) is 14.7 Å². The highest BCUT2D eigenvalue weighted by atomic mass is 16.3. The number of nitrogens with zero attached hydrogens (tertiary/aromatic N) is 2. The molecule has 152 valence electrons. The number of allylic oxidation sites excluding steroid dienone is 1. The van der Waals surface area contributed by atoms with Crippen molar-refractivity contribution in [1.29, 1.82) is 0 Å². The highest BCUT2D eigenvalue weighted by Gasteiger charge is 2.37. The minimum absolute atomic E-state index is 0.118. The number of nitrogens with one attached hydrogen (secondary N) is 1. The molecule has 0 aliphatic heterocycles. The Morgan fingerprint density at radius 3 is 2.86 bits per heavy atom. The van der Waals surface area contributed by atoms with Crippen molar-refractivity contribution in [2.75, 3.05) is 6.54 Å². The molecule has 0 bridgehead atoms. The molecule has 6 heteroatoms. The zero-order valence-corrected chi connectivity index (χ0v) is 16.8. The number of hydrogen-bond donors (Lipinski definition) is 2. The molecule has 1 amide bonds. The van der Waals surface area contributed by atoms with Gasteiger partial charge in [-0.05, 0) is 49.3 Å². The van der Waals surface area contributed by atoms with Crippen LogP contribution in [0.2, 0.25) is 0 Å². The summed E-state index contributed by atoms with van der Waals surface area (Å²) in [5.74, 6) is -0.996. The number of carbonyl (C=O) groups is 1. The normalized spacial score (nSPS) is 17.1. The highest BCUT2D eigenvalue weighted by molar-refractivity contribution is 5.92. The molecular weight excluding hydrogens is 366 g/mol. The summed E-state index contributed by atoms with van der Waals surface area (Å²) in [6.45, 7) is 2.69. The second-order valence-electron chi connectivity index (χ2n) is 8.09. The van der Waals surface area contributed by atoms with E-state index in [0.717, 1.165) is 38.5 Å². The number of aromatic nitrogens is 2. The van der Waals surface area contributed by atoms with Crippen LogP contribution in [0, 0.1) is 0 Å². The molecular formula is C23H27N3O3. The number of aromatic hydroxyl groups is 1. The summed E-state index contributed by atoms with van der Waals surface area (Å²) in [5.41, 5.74) is 2.81. The van der Waals surface area contributed by atoms with Gasteiger partial charge >= 0.3 is 0 Å². The van der Waals surface area contributed by atoms with Crippen molar-refractivity contribution in [3.05, 3.63) is 63.1 Å². The van der Waals surface area contributed by atoms with Gasteiger partial charge in [-0.1, -0.05) is 43.2 Å². The van der Waals surface area contributed by atoms with E-state index < -0.39 is 17.1 Å². The lowest BCUT2D eigenvalue weighted by Crippen LogP contribution is -2.34. The lowest BCUT2D eigenvalue weighted by Gasteiger charge is -2.31. The number of fused-ring (bicyclic) bond motifs is 1. The van der Waals surface area contributed by atoms with Crippen molar-refractivity contribution in [3.8, 4) is 5.75 Å². The fraction of sp³-hybridized carbons (Fsp3) is 0.435. The van der Waals surface area contributed by atoms with Gasteiger partial charge in [0.1, 0.15) is 0 Å². The van der Waals surface area contributed by atoms with Crippen molar-refractivity contribution >= 4 is 12.0 Å². The van der Waals surface area contributed by atoms with Crippen LogP contribution < -0.4 is 10.7 Å². The van der Waals surface area contributed by atoms with Gasteiger partial charge in [-0.25, -0.2) is 0 Å². The van der Waals surface area contributed by atoms with Gasteiger partial charge in [0.05, 0.1) is 12.7 Å². The van der Waals surface area contributed by atoms with E-state index in [1.165, 1.54) is 22.9 Å². The molecule has 2 N–H and O–H groups in total. The van der Waals surface area contributed by atoms with Gasteiger partial charge in [-0.15, -0.1) is 0 Å². The second-order valence-corrected chi connectivity index (χ2v) is 8.09. The summed E-state index contributed by atoms with van der Waals surface area (Å²) >= 11 is 0. The van der Waals surface area contributed by atoms with Crippen molar-refractivity contribution < 1.29 is 9.90 Å². The molecule has 0 atom stereocenters. The van der Waals surface area contributed by atoms with Gasteiger partial charge in [0.2, 0.25) is 0 Å². The first-order valence-electron chi connectivity index (χ1n) is 10.4. The number of amides is 1. The Kier molecular flexibility index (Phi) is 5.26. The summed E-state index contributed by atoms with van der Waals surface area (Å²) in [7, 11) is 0. The van der Waals surface area contributed by atoms with E-state index in [1.807, 2.05) is 0 Å². The Bertz CT molecular complexity index is 1020. The molecule has 2 aromatic rings.